The molecule has 1 aliphatic carbocycles. The van der Waals surface area contributed by atoms with Gasteiger partial charge < -0.3 is 5.11 Å². The van der Waals surface area contributed by atoms with Crippen LogP contribution in [-0.4, -0.2) is 11.2 Å². The van der Waals surface area contributed by atoms with E-state index >= 15 is 0 Å². The van der Waals surface area contributed by atoms with Gasteiger partial charge in [-0.15, -0.1) is 0 Å². The zero-order valence-electron chi connectivity index (χ0n) is 8.04. The third kappa shape index (κ3) is 3.97. The average molecular weight is 201 g/mol. The van der Waals surface area contributed by atoms with Crippen LogP contribution in [0.5, 0.6) is 0 Å². The van der Waals surface area contributed by atoms with E-state index in [4.69, 9.17) is 11.6 Å². The molecular weight excluding hydrogens is 184 g/mol. The molecule has 0 saturated carbocycles. The highest BCUT2D eigenvalue weighted by Crippen LogP contribution is 2.24. The van der Waals surface area contributed by atoms with E-state index in [-0.39, 0.29) is 6.10 Å². The summed E-state index contributed by atoms with van der Waals surface area (Å²) in [5.41, 5.74) is 0. The molecule has 1 rings (SSSR count). The van der Waals surface area contributed by atoms with Crippen molar-refractivity contribution in [3.63, 3.8) is 0 Å². The van der Waals surface area contributed by atoms with E-state index in [9.17, 15) is 5.11 Å². The molecule has 0 heterocycles. The Kier molecular flexibility index (Phi) is 4.54. The Morgan fingerprint density at radius 2 is 2.46 bits per heavy atom. The van der Waals surface area contributed by atoms with Crippen molar-refractivity contribution in [2.45, 2.75) is 38.7 Å². The van der Waals surface area contributed by atoms with Crippen molar-refractivity contribution in [2.24, 2.45) is 5.92 Å². The molecule has 1 N–H and O–H groups in total. The van der Waals surface area contributed by atoms with Crippen LogP contribution in [-0.2, 0) is 0 Å². The van der Waals surface area contributed by atoms with Crippen molar-refractivity contribution in [1.29, 1.82) is 0 Å². The van der Waals surface area contributed by atoms with Gasteiger partial charge in [-0.3, -0.25) is 0 Å². The Morgan fingerprint density at radius 3 is 3.08 bits per heavy atom. The van der Waals surface area contributed by atoms with E-state index in [0.717, 1.165) is 30.7 Å². The Labute approximate surface area is 85.1 Å². The molecule has 0 fully saturated rings. The Balaban J connectivity index is 2.33. The molecule has 1 unspecified atom stereocenters. The van der Waals surface area contributed by atoms with E-state index in [0.29, 0.717) is 5.92 Å². The minimum Gasteiger partial charge on any atom is -0.393 e. The summed E-state index contributed by atoms with van der Waals surface area (Å²) >= 11 is 5.86. The van der Waals surface area contributed by atoms with E-state index in [1.54, 1.807) is 0 Å². The summed E-state index contributed by atoms with van der Waals surface area (Å²) in [5.74, 6) is 0.430. The number of hydrogen-bond acceptors (Lipinski definition) is 1. The quantitative estimate of drug-likeness (QED) is 0.739. The molecule has 0 aromatic carbocycles. The Bertz CT molecular complexity index is 208. The first-order valence-electron chi connectivity index (χ1n) is 4.94. The summed E-state index contributed by atoms with van der Waals surface area (Å²) in [5, 5.41) is 10.4. The fourth-order valence-corrected chi connectivity index (χ4v) is 1.94. The van der Waals surface area contributed by atoms with Gasteiger partial charge in [-0.25, -0.2) is 0 Å². The lowest BCUT2D eigenvalue weighted by molar-refractivity contribution is 0.140. The minimum absolute atomic E-state index is 0.165. The van der Waals surface area contributed by atoms with Gasteiger partial charge >= 0.3 is 0 Å². The molecule has 0 aromatic rings. The molecule has 0 aliphatic heterocycles. The normalized spacial score (nSPS) is 24.2. The molecule has 0 saturated heterocycles. The summed E-state index contributed by atoms with van der Waals surface area (Å²) in [6.45, 7) is 2.09. The molecule has 0 bridgehead atoms. The first-order chi connectivity index (χ1) is 6.22. The number of halogens is 1. The third-order valence-electron chi connectivity index (χ3n) is 2.31. The summed E-state index contributed by atoms with van der Waals surface area (Å²) in [4.78, 5) is 0. The van der Waals surface area contributed by atoms with Gasteiger partial charge in [0.1, 0.15) is 0 Å². The standard InChI is InChI=1S/C11H17ClO/c1-2-4-11(13)8-9-5-3-6-10(12)7-9/h3,6-7,9,11,13H,2,4-5,8H2,1H3/t9?,11-/m1/s1. The van der Waals surface area contributed by atoms with Crippen LogP contribution >= 0.6 is 11.6 Å². The van der Waals surface area contributed by atoms with Gasteiger partial charge in [0.25, 0.3) is 0 Å². The molecule has 2 heteroatoms. The second-order valence-electron chi connectivity index (χ2n) is 3.63. The number of aliphatic hydroxyl groups excluding tert-OH is 1. The van der Waals surface area contributed by atoms with Gasteiger partial charge in [-0.1, -0.05) is 37.1 Å². The Hall–Kier alpha value is -0.270. The highest BCUT2D eigenvalue weighted by molar-refractivity contribution is 6.31. The molecule has 0 amide bonds. The first kappa shape index (κ1) is 10.8. The summed E-state index contributed by atoms with van der Waals surface area (Å²) in [6, 6.07) is 0. The van der Waals surface area contributed by atoms with Gasteiger partial charge in [0, 0.05) is 5.03 Å². The van der Waals surface area contributed by atoms with Crippen LogP contribution in [0.3, 0.4) is 0 Å². The summed E-state index contributed by atoms with van der Waals surface area (Å²) < 4.78 is 0. The second-order valence-corrected chi connectivity index (χ2v) is 4.06. The van der Waals surface area contributed by atoms with E-state index < -0.39 is 0 Å². The largest absolute Gasteiger partial charge is 0.393 e. The SMILES string of the molecule is CCC[C@@H](O)CC1C=C(Cl)C=CC1. The third-order valence-corrected chi connectivity index (χ3v) is 2.56. The van der Waals surface area contributed by atoms with Crippen LogP contribution in [0.15, 0.2) is 23.3 Å². The molecule has 0 radical (unpaired) electrons. The highest BCUT2D eigenvalue weighted by Gasteiger charge is 2.13. The zero-order valence-corrected chi connectivity index (χ0v) is 8.80. The van der Waals surface area contributed by atoms with Crippen LogP contribution in [0.2, 0.25) is 0 Å². The van der Waals surface area contributed by atoms with Crippen molar-refractivity contribution in [3.8, 4) is 0 Å². The van der Waals surface area contributed by atoms with Crippen molar-refractivity contribution in [3.05, 3.63) is 23.3 Å². The lowest BCUT2D eigenvalue weighted by Crippen LogP contribution is -2.12. The van der Waals surface area contributed by atoms with Crippen LogP contribution in [0.1, 0.15) is 32.6 Å². The van der Waals surface area contributed by atoms with Crippen molar-refractivity contribution in [1.82, 2.24) is 0 Å². The molecule has 13 heavy (non-hydrogen) atoms. The second kappa shape index (κ2) is 5.46. The molecular formula is C11H17ClO. The maximum absolute atomic E-state index is 9.59. The van der Waals surface area contributed by atoms with Crippen molar-refractivity contribution < 1.29 is 5.11 Å². The smallest absolute Gasteiger partial charge is 0.0545 e. The van der Waals surface area contributed by atoms with Gasteiger partial charge in [-0.2, -0.15) is 0 Å². The fourth-order valence-electron chi connectivity index (χ4n) is 1.67. The monoisotopic (exact) mass is 200 g/mol. The van der Waals surface area contributed by atoms with Crippen molar-refractivity contribution in [2.75, 3.05) is 0 Å². The number of allylic oxidation sites excluding steroid dienone is 4. The first-order valence-corrected chi connectivity index (χ1v) is 5.32. The number of rotatable bonds is 4. The van der Waals surface area contributed by atoms with Crippen LogP contribution in [0.4, 0.5) is 0 Å². The summed E-state index contributed by atoms with van der Waals surface area (Å²) in [6.07, 6.45) is 9.66. The Morgan fingerprint density at radius 1 is 1.69 bits per heavy atom. The number of aliphatic hydroxyl groups is 1. The summed E-state index contributed by atoms with van der Waals surface area (Å²) in [7, 11) is 0. The van der Waals surface area contributed by atoms with Gasteiger partial charge in [0.05, 0.1) is 6.10 Å². The van der Waals surface area contributed by atoms with Crippen LogP contribution < -0.4 is 0 Å². The zero-order chi connectivity index (χ0) is 9.68. The highest BCUT2D eigenvalue weighted by atomic mass is 35.5. The maximum Gasteiger partial charge on any atom is 0.0545 e. The van der Waals surface area contributed by atoms with Gasteiger partial charge in [0.2, 0.25) is 0 Å². The molecule has 1 aliphatic rings. The molecule has 1 nitrogen and oxygen atoms in total. The van der Waals surface area contributed by atoms with Crippen LogP contribution in [0, 0.1) is 5.92 Å². The van der Waals surface area contributed by atoms with Gasteiger partial charge in [0.15, 0.2) is 0 Å². The predicted molar refractivity (Wildman–Crippen MR) is 56.7 cm³/mol. The lowest BCUT2D eigenvalue weighted by atomic mass is 9.93. The number of hydrogen-bond donors (Lipinski definition) is 1. The van der Waals surface area contributed by atoms with E-state index in [1.807, 2.05) is 12.2 Å². The van der Waals surface area contributed by atoms with Gasteiger partial charge in [-0.05, 0) is 31.3 Å². The fraction of sp³-hybridized carbons (Fsp3) is 0.636. The van der Waals surface area contributed by atoms with E-state index in [2.05, 4.69) is 13.0 Å². The molecule has 0 spiro atoms. The average Bonchev–Trinajstić information content (AvgIpc) is 2.04. The van der Waals surface area contributed by atoms with E-state index in [1.165, 1.54) is 0 Å². The molecule has 0 aromatic heterocycles. The van der Waals surface area contributed by atoms with Crippen LogP contribution in [0.25, 0.3) is 0 Å². The predicted octanol–water partition coefficient (Wildman–Crippen LogP) is 3.24. The minimum atomic E-state index is -0.165. The van der Waals surface area contributed by atoms with Crippen molar-refractivity contribution >= 4 is 11.6 Å². The topological polar surface area (TPSA) is 20.2 Å². The molecule has 2 atom stereocenters. The maximum atomic E-state index is 9.59. The molecule has 74 valence electrons. The lowest BCUT2D eigenvalue weighted by Gasteiger charge is -2.17.